The van der Waals surface area contributed by atoms with E-state index in [0.717, 1.165) is 12.1 Å². The van der Waals surface area contributed by atoms with Gasteiger partial charge in [-0.3, -0.25) is 0 Å². The Kier molecular flexibility index (Phi) is 3.15. The van der Waals surface area contributed by atoms with Crippen molar-refractivity contribution in [3.63, 3.8) is 0 Å². The lowest BCUT2D eigenvalue weighted by Crippen LogP contribution is -2.03. The maximum atomic E-state index is 12.8. The van der Waals surface area contributed by atoms with Crippen molar-refractivity contribution in [1.82, 2.24) is 15.0 Å². The molecule has 17 heavy (non-hydrogen) atoms. The summed E-state index contributed by atoms with van der Waals surface area (Å²) in [4.78, 5) is 0. The molecule has 0 aliphatic heterocycles. The fraction of sp³-hybridized carbons (Fsp3) is 0.250. The van der Waals surface area contributed by atoms with Gasteiger partial charge in [0.2, 0.25) is 0 Å². The van der Waals surface area contributed by atoms with Crippen LogP contribution in [0.4, 0.5) is 4.39 Å². The topological polar surface area (TPSA) is 54.5 Å². The Bertz CT molecular complexity index is 551. The third kappa shape index (κ3) is 2.16. The Labute approximate surface area is 98.3 Å². The zero-order valence-electron chi connectivity index (χ0n) is 9.39. The van der Waals surface area contributed by atoms with Gasteiger partial charge in [-0.15, -0.1) is 5.10 Å². The zero-order chi connectivity index (χ0) is 12.3. The Morgan fingerprint density at radius 1 is 1.35 bits per heavy atom. The number of aromatic nitrogens is 3. The summed E-state index contributed by atoms with van der Waals surface area (Å²) in [6.45, 7) is 2.02. The fourth-order valence-corrected chi connectivity index (χ4v) is 1.64. The van der Waals surface area contributed by atoms with E-state index in [4.69, 9.17) is 5.26 Å². The first kappa shape index (κ1) is 11.3. The minimum atomic E-state index is -0.300. The van der Waals surface area contributed by atoms with Crippen molar-refractivity contribution in [2.75, 3.05) is 0 Å². The van der Waals surface area contributed by atoms with Crippen LogP contribution in [0.2, 0.25) is 0 Å². The molecule has 0 atom stereocenters. The van der Waals surface area contributed by atoms with Crippen molar-refractivity contribution < 1.29 is 4.39 Å². The molecule has 0 amide bonds. The van der Waals surface area contributed by atoms with Gasteiger partial charge < -0.3 is 0 Å². The Hall–Kier alpha value is -2.22. The first-order valence-electron chi connectivity index (χ1n) is 5.37. The second-order valence-corrected chi connectivity index (χ2v) is 3.63. The predicted molar refractivity (Wildman–Crippen MR) is 60.0 cm³/mol. The molecule has 0 saturated carbocycles. The number of benzene rings is 1. The van der Waals surface area contributed by atoms with E-state index in [1.807, 2.05) is 13.0 Å². The maximum absolute atomic E-state index is 12.8. The molecule has 4 nitrogen and oxygen atoms in total. The lowest BCUT2D eigenvalue weighted by Gasteiger charge is -2.04. The fourth-order valence-electron chi connectivity index (χ4n) is 1.64. The van der Waals surface area contributed by atoms with Crippen molar-refractivity contribution in [1.29, 1.82) is 5.26 Å². The number of hydrogen-bond donors (Lipinski definition) is 0. The molecular formula is C12H11FN4. The molecular weight excluding hydrogens is 219 g/mol. The van der Waals surface area contributed by atoms with Crippen LogP contribution in [-0.4, -0.2) is 15.0 Å². The number of rotatable bonds is 3. The largest absolute Gasteiger partial charge is 0.216 e. The molecule has 0 fully saturated rings. The van der Waals surface area contributed by atoms with Crippen molar-refractivity contribution in [3.8, 4) is 11.8 Å². The molecule has 0 aliphatic rings. The number of nitriles is 1. The number of halogens is 1. The van der Waals surface area contributed by atoms with Crippen LogP contribution >= 0.6 is 0 Å². The monoisotopic (exact) mass is 230 g/mol. The second-order valence-electron chi connectivity index (χ2n) is 3.63. The van der Waals surface area contributed by atoms with Crippen LogP contribution in [0.1, 0.15) is 24.7 Å². The summed E-state index contributed by atoms with van der Waals surface area (Å²) in [5, 5.41) is 16.7. The molecule has 1 heterocycles. The van der Waals surface area contributed by atoms with E-state index in [0.29, 0.717) is 17.8 Å². The number of hydrogen-bond acceptors (Lipinski definition) is 3. The lowest BCUT2D eigenvalue weighted by atomic mass is 10.2. The van der Waals surface area contributed by atoms with Gasteiger partial charge in [-0.1, -0.05) is 18.6 Å². The Balaban J connectivity index is 2.48. The van der Waals surface area contributed by atoms with Crippen molar-refractivity contribution in [3.05, 3.63) is 41.5 Å². The zero-order valence-corrected chi connectivity index (χ0v) is 9.39. The Morgan fingerprint density at radius 2 is 2.06 bits per heavy atom. The molecule has 1 aromatic heterocycles. The van der Waals surface area contributed by atoms with Gasteiger partial charge in [0.1, 0.15) is 11.9 Å². The molecule has 0 saturated heterocycles. The maximum Gasteiger partial charge on any atom is 0.186 e. The van der Waals surface area contributed by atoms with E-state index in [2.05, 4.69) is 10.3 Å². The van der Waals surface area contributed by atoms with E-state index in [-0.39, 0.29) is 5.82 Å². The molecule has 86 valence electrons. The standard InChI is InChI=1S/C12H11FN4/c1-2-3-12-11(8-14)15-16-17(12)10-6-4-9(13)5-7-10/h4-7H,2-3H2,1H3. The van der Waals surface area contributed by atoms with E-state index >= 15 is 0 Å². The third-order valence-electron chi connectivity index (χ3n) is 2.43. The van der Waals surface area contributed by atoms with Crippen LogP contribution in [0, 0.1) is 17.1 Å². The van der Waals surface area contributed by atoms with Gasteiger partial charge in [0.25, 0.3) is 0 Å². The summed E-state index contributed by atoms with van der Waals surface area (Å²) in [6.07, 6.45) is 1.61. The van der Waals surface area contributed by atoms with Gasteiger partial charge in [-0.2, -0.15) is 5.26 Å². The summed E-state index contributed by atoms with van der Waals surface area (Å²) < 4.78 is 14.4. The minimum absolute atomic E-state index is 0.300. The van der Waals surface area contributed by atoms with Gasteiger partial charge in [0.05, 0.1) is 11.4 Å². The summed E-state index contributed by atoms with van der Waals surface area (Å²) in [6, 6.07) is 7.96. The summed E-state index contributed by atoms with van der Waals surface area (Å²) in [5.41, 5.74) is 1.81. The summed E-state index contributed by atoms with van der Waals surface area (Å²) >= 11 is 0. The van der Waals surface area contributed by atoms with Gasteiger partial charge >= 0.3 is 0 Å². The van der Waals surface area contributed by atoms with Gasteiger partial charge in [-0.25, -0.2) is 9.07 Å². The highest BCUT2D eigenvalue weighted by Crippen LogP contribution is 2.14. The summed E-state index contributed by atoms with van der Waals surface area (Å²) in [5.74, 6) is -0.300. The van der Waals surface area contributed by atoms with Gasteiger partial charge in [0, 0.05) is 0 Å². The van der Waals surface area contributed by atoms with E-state index in [1.165, 1.54) is 12.1 Å². The molecule has 0 radical (unpaired) electrons. The molecule has 0 N–H and O–H groups in total. The number of nitrogens with zero attached hydrogens (tertiary/aromatic N) is 4. The van der Waals surface area contributed by atoms with E-state index < -0.39 is 0 Å². The quantitative estimate of drug-likeness (QED) is 0.812. The minimum Gasteiger partial charge on any atom is -0.216 e. The Morgan fingerprint density at radius 3 is 2.65 bits per heavy atom. The molecule has 5 heteroatoms. The highest BCUT2D eigenvalue weighted by molar-refractivity contribution is 5.36. The molecule has 0 spiro atoms. The van der Waals surface area contributed by atoms with Crippen LogP contribution in [-0.2, 0) is 6.42 Å². The van der Waals surface area contributed by atoms with Crippen LogP contribution in [0.3, 0.4) is 0 Å². The lowest BCUT2D eigenvalue weighted by molar-refractivity contribution is 0.626. The van der Waals surface area contributed by atoms with Crippen molar-refractivity contribution in [2.24, 2.45) is 0 Å². The van der Waals surface area contributed by atoms with Gasteiger partial charge in [0.15, 0.2) is 5.69 Å². The highest BCUT2D eigenvalue weighted by Gasteiger charge is 2.12. The molecule has 0 bridgehead atoms. The van der Waals surface area contributed by atoms with Crippen LogP contribution in [0.5, 0.6) is 0 Å². The SMILES string of the molecule is CCCc1c(C#N)nnn1-c1ccc(F)cc1. The van der Waals surface area contributed by atoms with Crippen molar-refractivity contribution >= 4 is 0 Å². The average molecular weight is 230 g/mol. The molecule has 0 aliphatic carbocycles. The highest BCUT2D eigenvalue weighted by atomic mass is 19.1. The van der Waals surface area contributed by atoms with Crippen LogP contribution in [0.25, 0.3) is 5.69 Å². The first-order valence-corrected chi connectivity index (χ1v) is 5.37. The predicted octanol–water partition coefficient (Wildman–Crippen LogP) is 2.23. The van der Waals surface area contributed by atoms with Crippen LogP contribution in [0.15, 0.2) is 24.3 Å². The molecule has 2 aromatic rings. The smallest absolute Gasteiger partial charge is 0.186 e. The van der Waals surface area contributed by atoms with Gasteiger partial charge in [-0.05, 0) is 30.7 Å². The average Bonchev–Trinajstić information content (AvgIpc) is 2.74. The third-order valence-corrected chi connectivity index (χ3v) is 2.43. The van der Waals surface area contributed by atoms with E-state index in [9.17, 15) is 4.39 Å². The van der Waals surface area contributed by atoms with Crippen molar-refractivity contribution in [2.45, 2.75) is 19.8 Å². The van der Waals surface area contributed by atoms with Crippen LogP contribution < -0.4 is 0 Å². The molecule has 1 aromatic carbocycles. The normalized spacial score (nSPS) is 10.2. The van der Waals surface area contributed by atoms with E-state index in [1.54, 1.807) is 16.8 Å². The molecule has 0 unspecified atom stereocenters. The summed E-state index contributed by atoms with van der Waals surface area (Å²) in [7, 11) is 0. The molecule has 2 rings (SSSR count). The second kappa shape index (κ2) is 4.74. The first-order chi connectivity index (χ1) is 8.26.